The number of hydrogen-bond donors (Lipinski definition) is 1. The van der Waals surface area contributed by atoms with E-state index in [1.807, 2.05) is 6.92 Å². The summed E-state index contributed by atoms with van der Waals surface area (Å²) in [5.74, 6) is -3.15. The molecule has 0 amide bonds. The number of ketones is 1. The Morgan fingerprint density at radius 3 is 2.48 bits per heavy atom. The van der Waals surface area contributed by atoms with Crippen molar-refractivity contribution in [3.63, 3.8) is 0 Å². The highest BCUT2D eigenvalue weighted by molar-refractivity contribution is 6.30. The zero-order chi connectivity index (χ0) is 21.3. The lowest BCUT2D eigenvalue weighted by Crippen LogP contribution is -2.43. The Morgan fingerprint density at radius 1 is 1.24 bits per heavy atom. The zero-order valence-electron chi connectivity index (χ0n) is 16.9. The van der Waals surface area contributed by atoms with E-state index in [9.17, 15) is 14.4 Å². The summed E-state index contributed by atoms with van der Waals surface area (Å²) in [5, 5.41) is 3.76. The minimum Gasteiger partial charge on any atom is -0.468 e. The number of carbonyl (C=O) groups excluding carboxylic acids is 3. The first-order valence-corrected chi connectivity index (χ1v) is 9.93. The number of halogens is 1. The maximum atomic E-state index is 13.5. The monoisotopic (exact) mass is 417 g/mol. The number of ether oxygens (including phenoxy) is 2. The van der Waals surface area contributed by atoms with Gasteiger partial charge in [-0.15, -0.1) is 0 Å². The van der Waals surface area contributed by atoms with Gasteiger partial charge in [-0.05, 0) is 43.9 Å². The molecule has 3 atom stereocenters. The molecule has 29 heavy (non-hydrogen) atoms. The van der Waals surface area contributed by atoms with Crippen molar-refractivity contribution in [1.29, 1.82) is 0 Å². The maximum Gasteiger partial charge on any atom is 0.336 e. The summed E-state index contributed by atoms with van der Waals surface area (Å²) in [7, 11) is 1.27. The molecule has 1 aliphatic carbocycles. The van der Waals surface area contributed by atoms with E-state index in [-0.39, 0.29) is 18.3 Å². The summed E-state index contributed by atoms with van der Waals surface area (Å²) < 4.78 is 10.1. The Bertz CT molecular complexity index is 916. The molecule has 1 aromatic rings. The normalized spacial score (nSPS) is 24.0. The summed E-state index contributed by atoms with van der Waals surface area (Å²) in [6.45, 7) is 5.58. The topological polar surface area (TPSA) is 81.7 Å². The molecular formula is C22H24ClNO5. The smallest absolute Gasteiger partial charge is 0.336 e. The number of methoxy groups -OCH3 is 1. The molecule has 0 saturated carbocycles. The van der Waals surface area contributed by atoms with E-state index in [2.05, 4.69) is 5.32 Å². The first-order valence-electron chi connectivity index (χ1n) is 9.55. The molecule has 6 nitrogen and oxygen atoms in total. The number of Topliss-reactive ketones (excluding diaryl/α,β-unsaturated/α-hetero) is 1. The van der Waals surface area contributed by atoms with Crippen molar-refractivity contribution in [1.82, 2.24) is 5.32 Å². The van der Waals surface area contributed by atoms with Crippen LogP contribution >= 0.6 is 11.6 Å². The number of dihydropyridines is 1. The average Bonchev–Trinajstić information content (AvgIpc) is 2.67. The largest absolute Gasteiger partial charge is 0.468 e. The number of benzene rings is 1. The van der Waals surface area contributed by atoms with Gasteiger partial charge in [-0.25, -0.2) is 4.79 Å². The van der Waals surface area contributed by atoms with Crippen LogP contribution in [0, 0.1) is 11.8 Å². The molecule has 7 heteroatoms. The Balaban J connectivity index is 2.18. The third-order valence-corrected chi connectivity index (χ3v) is 5.69. The predicted octanol–water partition coefficient (Wildman–Crippen LogP) is 3.52. The van der Waals surface area contributed by atoms with E-state index in [0.717, 1.165) is 11.3 Å². The SMILES string of the molecule is CCOC(=O)C1=C(C)NC2=C(C(=O)[C@H](C(=O)OC)[C@@H](C)C2)[C@H]1c1ccc(Cl)cc1. The second-order valence-electron chi connectivity index (χ2n) is 7.31. The molecule has 154 valence electrons. The molecular weight excluding hydrogens is 394 g/mol. The quantitative estimate of drug-likeness (QED) is 0.596. The standard InChI is InChI=1S/C22H24ClNO5/c1-5-29-22(27)17-12(3)24-15-10-11(2)16(21(26)28-4)20(25)19(15)18(17)13-6-8-14(23)9-7-13/h6-9,11,16,18,24H,5,10H2,1-4H3/t11-,16+,18-/m0/s1. The lowest BCUT2D eigenvalue weighted by Gasteiger charge is -2.38. The summed E-state index contributed by atoms with van der Waals surface area (Å²) in [6.07, 6.45) is 0.498. The van der Waals surface area contributed by atoms with Crippen LogP contribution in [0.1, 0.15) is 38.7 Å². The van der Waals surface area contributed by atoms with Gasteiger partial charge in [0.1, 0.15) is 5.92 Å². The molecule has 0 spiro atoms. The van der Waals surface area contributed by atoms with Gasteiger partial charge in [0.2, 0.25) is 0 Å². The summed E-state index contributed by atoms with van der Waals surface area (Å²) in [5.41, 5.74) is 2.87. The fraction of sp³-hybridized carbons (Fsp3) is 0.409. The molecule has 0 bridgehead atoms. The molecule has 2 aliphatic rings. The van der Waals surface area contributed by atoms with E-state index in [4.69, 9.17) is 21.1 Å². The zero-order valence-corrected chi connectivity index (χ0v) is 17.6. The van der Waals surface area contributed by atoms with E-state index < -0.39 is 23.8 Å². The number of hydrogen-bond acceptors (Lipinski definition) is 6. The summed E-state index contributed by atoms with van der Waals surface area (Å²) in [4.78, 5) is 38.6. The third kappa shape index (κ3) is 3.81. The highest BCUT2D eigenvalue weighted by Gasteiger charge is 2.47. The highest BCUT2D eigenvalue weighted by atomic mass is 35.5. The average molecular weight is 418 g/mol. The number of nitrogens with one attached hydrogen (secondary N) is 1. The van der Waals surface area contributed by atoms with Crippen molar-refractivity contribution < 1.29 is 23.9 Å². The van der Waals surface area contributed by atoms with Gasteiger partial charge in [-0.3, -0.25) is 9.59 Å². The van der Waals surface area contributed by atoms with Crippen molar-refractivity contribution in [3.05, 3.63) is 57.4 Å². The van der Waals surface area contributed by atoms with Gasteiger partial charge in [-0.1, -0.05) is 30.7 Å². The second-order valence-corrected chi connectivity index (χ2v) is 7.74. The molecule has 0 saturated heterocycles. The van der Waals surface area contributed by atoms with E-state index in [1.165, 1.54) is 7.11 Å². The van der Waals surface area contributed by atoms with Crippen molar-refractivity contribution in [2.75, 3.05) is 13.7 Å². The number of rotatable bonds is 4. The second kappa shape index (κ2) is 8.41. The Hall–Kier alpha value is -2.60. The maximum absolute atomic E-state index is 13.5. The summed E-state index contributed by atoms with van der Waals surface area (Å²) in [6, 6.07) is 7.00. The lowest BCUT2D eigenvalue weighted by molar-refractivity contribution is -0.151. The molecule has 0 radical (unpaired) electrons. The molecule has 1 aliphatic heterocycles. The van der Waals surface area contributed by atoms with Crippen LogP contribution in [0.5, 0.6) is 0 Å². The first-order chi connectivity index (χ1) is 13.8. The number of esters is 2. The molecule has 0 aromatic heterocycles. The van der Waals surface area contributed by atoms with Gasteiger partial charge in [0.05, 0.1) is 19.3 Å². The van der Waals surface area contributed by atoms with Crippen LogP contribution < -0.4 is 5.32 Å². The Labute approximate surface area is 174 Å². The van der Waals surface area contributed by atoms with Gasteiger partial charge in [-0.2, -0.15) is 0 Å². The number of carbonyl (C=O) groups is 3. The molecule has 0 fully saturated rings. The fourth-order valence-corrected chi connectivity index (χ4v) is 4.27. The van der Waals surface area contributed by atoms with Crippen LogP contribution in [0.2, 0.25) is 5.02 Å². The van der Waals surface area contributed by atoms with Crippen LogP contribution in [-0.2, 0) is 23.9 Å². The van der Waals surface area contributed by atoms with E-state index in [0.29, 0.717) is 28.3 Å². The summed E-state index contributed by atoms with van der Waals surface area (Å²) >= 11 is 6.04. The van der Waals surface area contributed by atoms with Gasteiger partial charge >= 0.3 is 11.9 Å². The third-order valence-electron chi connectivity index (χ3n) is 5.44. The van der Waals surface area contributed by atoms with Crippen molar-refractivity contribution in [3.8, 4) is 0 Å². The molecule has 1 aromatic carbocycles. The van der Waals surface area contributed by atoms with E-state index >= 15 is 0 Å². The van der Waals surface area contributed by atoms with Crippen molar-refractivity contribution in [2.24, 2.45) is 11.8 Å². The first kappa shape index (κ1) is 21.1. The molecule has 0 unspecified atom stereocenters. The van der Waals surface area contributed by atoms with Gasteiger partial charge < -0.3 is 14.8 Å². The highest BCUT2D eigenvalue weighted by Crippen LogP contribution is 2.45. The van der Waals surface area contributed by atoms with Crippen molar-refractivity contribution >= 4 is 29.3 Å². The van der Waals surface area contributed by atoms with E-state index in [1.54, 1.807) is 38.1 Å². The lowest BCUT2D eigenvalue weighted by atomic mass is 9.69. The fourth-order valence-electron chi connectivity index (χ4n) is 4.15. The Kier molecular flexibility index (Phi) is 6.13. The van der Waals surface area contributed by atoms with Gasteiger partial charge in [0.25, 0.3) is 0 Å². The van der Waals surface area contributed by atoms with Crippen LogP contribution in [0.3, 0.4) is 0 Å². The Morgan fingerprint density at radius 2 is 1.90 bits per heavy atom. The minimum atomic E-state index is -0.905. The molecule has 1 heterocycles. The predicted molar refractivity (Wildman–Crippen MR) is 108 cm³/mol. The molecule has 3 rings (SSSR count). The number of allylic oxidation sites excluding steroid dienone is 3. The van der Waals surface area contributed by atoms with Crippen LogP contribution in [-0.4, -0.2) is 31.4 Å². The van der Waals surface area contributed by atoms with Crippen molar-refractivity contribution in [2.45, 2.75) is 33.1 Å². The minimum absolute atomic E-state index is 0.213. The van der Waals surface area contributed by atoms with Crippen LogP contribution in [0.4, 0.5) is 0 Å². The van der Waals surface area contributed by atoms with Crippen LogP contribution in [0.25, 0.3) is 0 Å². The van der Waals surface area contributed by atoms with Gasteiger partial charge in [0.15, 0.2) is 5.78 Å². The molecule has 1 N–H and O–H groups in total. The van der Waals surface area contributed by atoms with Crippen LogP contribution in [0.15, 0.2) is 46.8 Å². The van der Waals surface area contributed by atoms with Gasteiger partial charge in [0, 0.05) is 27.9 Å².